The van der Waals surface area contributed by atoms with Gasteiger partial charge < -0.3 is 15.5 Å². The molecule has 4 nitrogen and oxygen atoms in total. The summed E-state index contributed by atoms with van der Waals surface area (Å²) < 4.78 is 0. The zero-order chi connectivity index (χ0) is 12.9. The van der Waals surface area contributed by atoms with Gasteiger partial charge in [0.25, 0.3) is 0 Å². The molecule has 0 aliphatic carbocycles. The summed E-state index contributed by atoms with van der Waals surface area (Å²) in [5, 5.41) is 31.1. The molecule has 1 aromatic carbocycles. The number of nitrogens with zero attached hydrogens (tertiary/aromatic N) is 1. The number of nitriles is 1. The van der Waals surface area contributed by atoms with E-state index in [0.717, 1.165) is 0 Å². The third kappa shape index (κ3) is 3.10. The maximum absolute atomic E-state index is 9.33. The predicted octanol–water partition coefficient (Wildman–Crippen LogP) is 1.76. The smallest absolute Gasteiger partial charge is 0.101 e. The molecule has 92 valence electrons. The Hall–Kier alpha value is -1.28. The van der Waals surface area contributed by atoms with Crippen molar-refractivity contribution in [3.05, 3.63) is 28.8 Å². The topological polar surface area (TPSA) is 76.3 Å². The van der Waals surface area contributed by atoms with Gasteiger partial charge >= 0.3 is 0 Å². The summed E-state index contributed by atoms with van der Waals surface area (Å²) in [6.45, 7) is 1.39. The van der Waals surface area contributed by atoms with Crippen LogP contribution < -0.4 is 5.32 Å². The Morgan fingerprint density at radius 2 is 2.06 bits per heavy atom. The van der Waals surface area contributed by atoms with E-state index in [1.165, 1.54) is 0 Å². The maximum atomic E-state index is 9.33. The number of nitrogens with one attached hydrogen (secondary N) is 1. The summed E-state index contributed by atoms with van der Waals surface area (Å²) in [6.07, 6.45) is 0.525. The van der Waals surface area contributed by atoms with Crippen molar-refractivity contribution in [2.75, 3.05) is 18.5 Å². The molecule has 0 atom stereocenters. The van der Waals surface area contributed by atoms with Crippen molar-refractivity contribution in [2.45, 2.75) is 18.9 Å². The molecule has 0 heterocycles. The molecule has 0 radical (unpaired) electrons. The molecule has 0 aromatic heterocycles. The van der Waals surface area contributed by atoms with Gasteiger partial charge in [-0.1, -0.05) is 18.5 Å². The lowest BCUT2D eigenvalue weighted by atomic mass is 9.97. The van der Waals surface area contributed by atoms with Crippen molar-refractivity contribution >= 4 is 17.3 Å². The van der Waals surface area contributed by atoms with E-state index in [4.69, 9.17) is 16.9 Å². The van der Waals surface area contributed by atoms with E-state index in [-0.39, 0.29) is 13.2 Å². The molecule has 5 heteroatoms. The van der Waals surface area contributed by atoms with Gasteiger partial charge in [0, 0.05) is 5.02 Å². The number of halogens is 1. The van der Waals surface area contributed by atoms with Crippen LogP contribution in [0.5, 0.6) is 0 Å². The van der Waals surface area contributed by atoms with E-state index in [1.807, 2.05) is 13.0 Å². The summed E-state index contributed by atoms with van der Waals surface area (Å²) in [5.41, 5.74) is 0.107. The van der Waals surface area contributed by atoms with Gasteiger partial charge in [-0.3, -0.25) is 0 Å². The van der Waals surface area contributed by atoms with E-state index in [2.05, 4.69) is 5.32 Å². The molecule has 0 saturated heterocycles. The SMILES string of the molecule is CCC(CO)(CO)Nc1cc(Cl)ccc1C#N. The highest BCUT2D eigenvalue weighted by atomic mass is 35.5. The minimum Gasteiger partial charge on any atom is -0.394 e. The Morgan fingerprint density at radius 3 is 2.53 bits per heavy atom. The number of hydrogen-bond acceptors (Lipinski definition) is 4. The van der Waals surface area contributed by atoms with Gasteiger partial charge in [-0.2, -0.15) is 5.26 Å². The number of hydrogen-bond donors (Lipinski definition) is 3. The van der Waals surface area contributed by atoms with Crippen molar-refractivity contribution in [1.82, 2.24) is 0 Å². The number of aliphatic hydroxyl groups excluding tert-OH is 2. The number of anilines is 1. The molecule has 0 aliphatic rings. The third-order valence-electron chi connectivity index (χ3n) is 2.78. The number of rotatable bonds is 5. The molecule has 1 rings (SSSR count). The Kier molecular flexibility index (Phi) is 4.76. The summed E-state index contributed by atoms with van der Waals surface area (Å²) in [5.74, 6) is 0. The molecule has 0 unspecified atom stereocenters. The second-order valence-corrected chi connectivity index (χ2v) is 4.31. The molecule has 1 aromatic rings. The van der Waals surface area contributed by atoms with Crippen LogP contribution in [0.2, 0.25) is 5.02 Å². The Balaban J connectivity index is 3.09. The largest absolute Gasteiger partial charge is 0.394 e. The zero-order valence-corrected chi connectivity index (χ0v) is 10.3. The fraction of sp³-hybridized carbons (Fsp3) is 0.417. The lowest BCUT2D eigenvalue weighted by Gasteiger charge is -2.31. The molecule has 0 saturated carbocycles. The van der Waals surface area contributed by atoms with Crippen LogP contribution in [0.4, 0.5) is 5.69 Å². The van der Waals surface area contributed by atoms with Crippen molar-refractivity contribution < 1.29 is 10.2 Å². The number of aliphatic hydroxyl groups is 2. The molecule has 0 amide bonds. The summed E-state index contributed by atoms with van der Waals surface area (Å²) >= 11 is 5.86. The first-order valence-electron chi connectivity index (χ1n) is 5.30. The van der Waals surface area contributed by atoms with E-state index in [9.17, 15) is 10.2 Å². The molecule has 0 bridgehead atoms. The monoisotopic (exact) mass is 254 g/mol. The van der Waals surface area contributed by atoms with E-state index < -0.39 is 5.54 Å². The van der Waals surface area contributed by atoms with Gasteiger partial charge in [0.05, 0.1) is 30.0 Å². The minimum atomic E-state index is -0.837. The zero-order valence-electron chi connectivity index (χ0n) is 9.57. The predicted molar refractivity (Wildman–Crippen MR) is 67.0 cm³/mol. The van der Waals surface area contributed by atoms with Crippen LogP contribution in [-0.2, 0) is 0 Å². The van der Waals surface area contributed by atoms with Gasteiger partial charge in [-0.15, -0.1) is 0 Å². The minimum absolute atomic E-state index is 0.225. The second kappa shape index (κ2) is 5.87. The first kappa shape index (κ1) is 13.8. The van der Waals surface area contributed by atoms with Gasteiger partial charge in [0.2, 0.25) is 0 Å². The van der Waals surface area contributed by atoms with Crippen LogP contribution in [0.3, 0.4) is 0 Å². The molecule has 0 fully saturated rings. The summed E-state index contributed by atoms with van der Waals surface area (Å²) in [6, 6.07) is 6.86. The van der Waals surface area contributed by atoms with Crippen LogP contribution in [0.15, 0.2) is 18.2 Å². The average molecular weight is 255 g/mol. The first-order valence-corrected chi connectivity index (χ1v) is 5.68. The molecule has 0 aliphatic heterocycles. The molecule has 3 N–H and O–H groups in total. The summed E-state index contributed by atoms with van der Waals surface area (Å²) in [7, 11) is 0. The van der Waals surface area contributed by atoms with Crippen LogP contribution in [0.1, 0.15) is 18.9 Å². The standard InChI is InChI=1S/C12H15ClN2O2/c1-2-12(7-16,8-17)15-11-5-10(13)4-3-9(11)6-14/h3-5,15-17H,2,7-8H2,1H3. The van der Waals surface area contributed by atoms with Gasteiger partial charge in [-0.05, 0) is 24.6 Å². The average Bonchev–Trinajstić information content (AvgIpc) is 2.36. The summed E-state index contributed by atoms with van der Waals surface area (Å²) in [4.78, 5) is 0. The van der Waals surface area contributed by atoms with Gasteiger partial charge in [-0.25, -0.2) is 0 Å². The van der Waals surface area contributed by atoms with Crippen LogP contribution in [0.25, 0.3) is 0 Å². The number of benzene rings is 1. The van der Waals surface area contributed by atoms with E-state index in [0.29, 0.717) is 22.7 Å². The highest BCUT2D eigenvalue weighted by Crippen LogP contribution is 2.25. The van der Waals surface area contributed by atoms with Crippen LogP contribution >= 0.6 is 11.6 Å². The van der Waals surface area contributed by atoms with Gasteiger partial charge in [0.1, 0.15) is 6.07 Å². The van der Waals surface area contributed by atoms with Crippen molar-refractivity contribution in [2.24, 2.45) is 0 Å². The van der Waals surface area contributed by atoms with Crippen LogP contribution in [0, 0.1) is 11.3 Å². The Morgan fingerprint density at radius 1 is 1.41 bits per heavy atom. The van der Waals surface area contributed by atoms with E-state index in [1.54, 1.807) is 18.2 Å². The molecular weight excluding hydrogens is 240 g/mol. The highest BCUT2D eigenvalue weighted by molar-refractivity contribution is 6.30. The molecule has 17 heavy (non-hydrogen) atoms. The maximum Gasteiger partial charge on any atom is 0.101 e. The lowest BCUT2D eigenvalue weighted by molar-refractivity contribution is 0.132. The fourth-order valence-electron chi connectivity index (χ4n) is 1.44. The van der Waals surface area contributed by atoms with Crippen molar-refractivity contribution in [3.63, 3.8) is 0 Å². The molecule has 0 spiro atoms. The Bertz CT molecular complexity index is 417. The fourth-order valence-corrected chi connectivity index (χ4v) is 1.62. The third-order valence-corrected chi connectivity index (χ3v) is 3.02. The van der Waals surface area contributed by atoms with Gasteiger partial charge in [0.15, 0.2) is 0 Å². The first-order chi connectivity index (χ1) is 8.10. The lowest BCUT2D eigenvalue weighted by Crippen LogP contribution is -2.45. The molecular formula is C12H15ClN2O2. The van der Waals surface area contributed by atoms with E-state index >= 15 is 0 Å². The quantitative estimate of drug-likeness (QED) is 0.748. The normalized spacial score (nSPS) is 11.0. The van der Waals surface area contributed by atoms with Crippen LogP contribution in [-0.4, -0.2) is 29.0 Å². The van der Waals surface area contributed by atoms with Crippen molar-refractivity contribution in [3.8, 4) is 6.07 Å². The Labute approximate surface area is 105 Å². The van der Waals surface area contributed by atoms with Crippen molar-refractivity contribution in [1.29, 1.82) is 5.26 Å². The highest BCUT2D eigenvalue weighted by Gasteiger charge is 2.27. The second-order valence-electron chi connectivity index (χ2n) is 3.88.